The predicted molar refractivity (Wildman–Crippen MR) is 120 cm³/mol. The number of thiazole rings is 1. The molecule has 0 aliphatic heterocycles. The highest BCUT2D eigenvalue weighted by Crippen LogP contribution is 2.14. The van der Waals surface area contributed by atoms with Crippen molar-refractivity contribution >= 4 is 52.4 Å². The molecule has 0 fully saturated rings. The van der Waals surface area contributed by atoms with E-state index in [1.807, 2.05) is 19.0 Å². The average molecular weight is 482 g/mol. The topological polar surface area (TPSA) is 137 Å². The van der Waals surface area contributed by atoms with Gasteiger partial charge in [-0.25, -0.2) is 9.97 Å². The number of carbonyl (C=O) groups is 4. The fourth-order valence-corrected chi connectivity index (χ4v) is 3.47. The van der Waals surface area contributed by atoms with E-state index in [2.05, 4.69) is 25.9 Å². The molecule has 0 radical (unpaired) electrons. The van der Waals surface area contributed by atoms with Crippen LogP contribution in [0.25, 0.3) is 0 Å². The number of nitrogens with one attached hydrogen (secondary N) is 3. The second kappa shape index (κ2) is 11.5. The molecule has 13 heteroatoms. The van der Waals surface area contributed by atoms with Gasteiger partial charge in [-0.3, -0.25) is 19.2 Å². The molecule has 4 amide bonds. The third kappa shape index (κ3) is 7.55. The Kier molecular flexibility index (Phi) is 9.05. The van der Waals surface area contributed by atoms with Gasteiger partial charge in [-0.15, -0.1) is 11.3 Å². The molecule has 0 saturated carbocycles. The van der Waals surface area contributed by atoms with E-state index in [-0.39, 0.29) is 17.4 Å². The number of amides is 4. The lowest BCUT2D eigenvalue weighted by molar-refractivity contribution is -0.136. The number of halogens is 1. The Morgan fingerprint density at radius 3 is 2.38 bits per heavy atom. The lowest BCUT2D eigenvalue weighted by Gasteiger charge is -2.21. The smallest absolute Gasteiger partial charge is 0.314 e. The Morgan fingerprint density at radius 1 is 1.06 bits per heavy atom. The van der Waals surface area contributed by atoms with Crippen LogP contribution in [-0.2, 0) is 20.9 Å². The Bertz CT molecular complexity index is 978. The molecule has 2 heterocycles. The molecule has 0 aromatic carbocycles. The lowest BCUT2D eigenvalue weighted by Crippen LogP contribution is -2.53. The Morgan fingerprint density at radius 2 is 1.78 bits per heavy atom. The van der Waals surface area contributed by atoms with Crippen LogP contribution in [0.1, 0.15) is 14.7 Å². The van der Waals surface area contributed by atoms with E-state index in [4.69, 9.17) is 11.6 Å². The summed E-state index contributed by atoms with van der Waals surface area (Å²) in [6, 6.07) is 1.85. The van der Waals surface area contributed by atoms with Gasteiger partial charge < -0.3 is 25.8 Å². The van der Waals surface area contributed by atoms with Crippen LogP contribution in [0.4, 0.5) is 5.82 Å². The van der Waals surface area contributed by atoms with Gasteiger partial charge in [-0.2, -0.15) is 0 Å². The molecule has 2 rings (SSSR count). The predicted octanol–water partition coefficient (Wildman–Crippen LogP) is 0.195. The van der Waals surface area contributed by atoms with E-state index in [0.717, 1.165) is 4.88 Å². The summed E-state index contributed by atoms with van der Waals surface area (Å²) in [4.78, 5) is 61.3. The molecule has 1 unspecified atom stereocenters. The molecule has 0 saturated heterocycles. The number of hydrogen-bond donors (Lipinski definition) is 3. The van der Waals surface area contributed by atoms with Crippen LogP contribution in [-0.4, -0.2) is 84.2 Å². The third-order valence-corrected chi connectivity index (χ3v) is 5.11. The molecule has 0 aliphatic rings. The molecule has 2 aromatic rings. The lowest BCUT2D eigenvalue weighted by atomic mass is 10.2. The SMILES string of the molecule is CN(C)Cc1cnc(C(=O)NC(CNC(=O)C(=O)Nc2ccc(Cl)cn2)C(=O)N(C)C)s1. The number of hydrogen-bond acceptors (Lipinski definition) is 8. The van der Waals surface area contributed by atoms with Crippen molar-refractivity contribution in [1.29, 1.82) is 0 Å². The first-order chi connectivity index (χ1) is 15.1. The molecular formula is C19H24ClN7O4S. The van der Waals surface area contributed by atoms with Crippen molar-refractivity contribution in [3.05, 3.63) is 39.4 Å². The maximum absolute atomic E-state index is 12.6. The van der Waals surface area contributed by atoms with Crippen LogP contribution < -0.4 is 16.0 Å². The van der Waals surface area contributed by atoms with Crippen LogP contribution in [0.5, 0.6) is 0 Å². The highest BCUT2D eigenvalue weighted by atomic mass is 35.5. The number of nitrogens with zero attached hydrogens (tertiary/aromatic N) is 4. The molecule has 11 nitrogen and oxygen atoms in total. The summed E-state index contributed by atoms with van der Waals surface area (Å²) in [6.45, 7) is 0.331. The van der Waals surface area contributed by atoms with Crippen molar-refractivity contribution in [2.45, 2.75) is 12.6 Å². The Hall–Kier alpha value is -3.09. The van der Waals surface area contributed by atoms with Crippen molar-refractivity contribution in [2.24, 2.45) is 0 Å². The van der Waals surface area contributed by atoms with Gasteiger partial charge in [0, 0.05) is 44.5 Å². The fourth-order valence-electron chi connectivity index (χ4n) is 2.43. The second-order valence-corrected chi connectivity index (χ2v) is 8.71. The summed E-state index contributed by atoms with van der Waals surface area (Å²) < 4.78 is 0. The first-order valence-electron chi connectivity index (χ1n) is 9.39. The first-order valence-corrected chi connectivity index (χ1v) is 10.6. The van der Waals surface area contributed by atoms with Gasteiger partial charge in [0.05, 0.1) is 5.02 Å². The van der Waals surface area contributed by atoms with Gasteiger partial charge in [-0.05, 0) is 26.2 Å². The van der Waals surface area contributed by atoms with Crippen molar-refractivity contribution in [3.8, 4) is 0 Å². The summed E-state index contributed by atoms with van der Waals surface area (Å²) in [5.41, 5.74) is 0. The summed E-state index contributed by atoms with van der Waals surface area (Å²) in [5, 5.41) is 7.79. The molecule has 3 N–H and O–H groups in total. The molecule has 0 bridgehead atoms. The van der Waals surface area contributed by atoms with Gasteiger partial charge in [0.2, 0.25) is 5.91 Å². The van der Waals surface area contributed by atoms with Crippen molar-refractivity contribution in [3.63, 3.8) is 0 Å². The van der Waals surface area contributed by atoms with Crippen LogP contribution in [0.3, 0.4) is 0 Å². The number of anilines is 1. The van der Waals surface area contributed by atoms with Crippen LogP contribution in [0.15, 0.2) is 24.5 Å². The zero-order valence-corrected chi connectivity index (χ0v) is 19.6. The van der Waals surface area contributed by atoms with Gasteiger partial charge in [0.15, 0.2) is 5.01 Å². The second-order valence-electron chi connectivity index (χ2n) is 7.15. The molecule has 32 heavy (non-hydrogen) atoms. The summed E-state index contributed by atoms with van der Waals surface area (Å²) >= 11 is 6.93. The minimum Gasteiger partial charge on any atom is -0.347 e. The highest BCUT2D eigenvalue weighted by Gasteiger charge is 2.26. The van der Waals surface area contributed by atoms with E-state index < -0.39 is 29.7 Å². The van der Waals surface area contributed by atoms with E-state index >= 15 is 0 Å². The minimum absolute atomic E-state index is 0.140. The maximum atomic E-state index is 12.6. The minimum atomic E-state index is -1.09. The molecule has 172 valence electrons. The number of aromatic nitrogens is 2. The molecule has 1 atom stereocenters. The van der Waals surface area contributed by atoms with Crippen LogP contribution >= 0.6 is 22.9 Å². The number of pyridine rings is 1. The van der Waals surface area contributed by atoms with Gasteiger partial charge >= 0.3 is 11.8 Å². The maximum Gasteiger partial charge on any atom is 0.314 e. The fraction of sp³-hybridized carbons (Fsp3) is 0.368. The average Bonchev–Trinajstić information content (AvgIpc) is 3.19. The third-order valence-electron chi connectivity index (χ3n) is 3.91. The quantitative estimate of drug-likeness (QED) is 0.458. The van der Waals surface area contributed by atoms with Crippen molar-refractivity contribution in [2.75, 3.05) is 40.1 Å². The van der Waals surface area contributed by atoms with Gasteiger partial charge in [-0.1, -0.05) is 11.6 Å². The summed E-state index contributed by atoms with van der Waals surface area (Å²) in [7, 11) is 6.82. The highest BCUT2D eigenvalue weighted by molar-refractivity contribution is 7.13. The van der Waals surface area contributed by atoms with Crippen LogP contribution in [0.2, 0.25) is 5.02 Å². The molecule has 0 spiro atoms. The van der Waals surface area contributed by atoms with E-state index in [0.29, 0.717) is 11.6 Å². The summed E-state index contributed by atoms with van der Waals surface area (Å²) in [6.07, 6.45) is 2.91. The van der Waals surface area contributed by atoms with Gasteiger partial charge in [0.1, 0.15) is 11.9 Å². The summed E-state index contributed by atoms with van der Waals surface area (Å²) in [5.74, 6) is -2.83. The number of likely N-dealkylation sites (N-methyl/N-ethyl adjacent to an activating group) is 1. The van der Waals surface area contributed by atoms with Crippen molar-refractivity contribution in [1.82, 2.24) is 30.4 Å². The zero-order chi connectivity index (χ0) is 23.8. The molecule has 0 aliphatic carbocycles. The largest absolute Gasteiger partial charge is 0.347 e. The number of rotatable bonds is 8. The first kappa shape index (κ1) is 25.2. The monoisotopic (exact) mass is 481 g/mol. The van der Waals surface area contributed by atoms with E-state index in [9.17, 15) is 19.2 Å². The Labute approximate surface area is 194 Å². The van der Waals surface area contributed by atoms with E-state index in [1.165, 1.54) is 48.7 Å². The number of carbonyl (C=O) groups excluding carboxylic acids is 4. The zero-order valence-electron chi connectivity index (χ0n) is 18.0. The molecular weight excluding hydrogens is 458 g/mol. The Balaban J connectivity index is 1.99. The molecule has 2 aromatic heterocycles. The van der Waals surface area contributed by atoms with Crippen LogP contribution in [0, 0.1) is 0 Å². The standard InChI is InChI=1S/C19H24ClN7O4S/c1-26(2)10-12-8-23-18(32-12)17(30)24-13(19(31)27(3)4)9-22-15(28)16(29)25-14-6-5-11(20)7-21-14/h5-8,13H,9-10H2,1-4H3,(H,22,28)(H,24,30)(H,21,25,29). The van der Waals surface area contributed by atoms with E-state index in [1.54, 1.807) is 6.20 Å². The normalized spacial score (nSPS) is 11.6. The van der Waals surface area contributed by atoms with Gasteiger partial charge in [0.25, 0.3) is 5.91 Å². The van der Waals surface area contributed by atoms with Crippen molar-refractivity contribution < 1.29 is 19.2 Å².